The first kappa shape index (κ1) is 85.4. The number of nitrogens with zero attached hydrogens (tertiary/aromatic N) is 1. The first-order valence-corrected chi connectivity index (χ1v) is 38.2. The molecule has 0 spiro atoms. The number of aliphatic hydroxyl groups is 1. The second-order valence-electron chi connectivity index (χ2n) is 25.6. The summed E-state index contributed by atoms with van der Waals surface area (Å²) in [6.07, 6.45) is 106. The van der Waals surface area contributed by atoms with Crippen molar-refractivity contribution in [2.75, 3.05) is 40.9 Å². The van der Waals surface area contributed by atoms with E-state index in [4.69, 9.17) is 9.05 Å². The van der Waals surface area contributed by atoms with E-state index in [1.807, 2.05) is 27.2 Å². The van der Waals surface area contributed by atoms with Gasteiger partial charge < -0.3 is 19.8 Å². The molecule has 3 unspecified atom stereocenters. The summed E-state index contributed by atoms with van der Waals surface area (Å²) in [5, 5.41) is 14.0. The van der Waals surface area contributed by atoms with Crippen molar-refractivity contribution < 1.29 is 32.9 Å². The fourth-order valence-corrected chi connectivity index (χ4v) is 10.9. The molecule has 3 atom stereocenters. The minimum absolute atomic E-state index is 0.0466. The van der Waals surface area contributed by atoms with Crippen LogP contribution in [0, 0.1) is 0 Å². The number of carbonyl (C=O) groups is 1. The molecule has 89 heavy (non-hydrogen) atoms. The Labute approximate surface area is 550 Å². The molecule has 0 bridgehead atoms. The van der Waals surface area contributed by atoms with Crippen molar-refractivity contribution in [1.82, 2.24) is 5.32 Å². The summed E-state index contributed by atoms with van der Waals surface area (Å²) in [6, 6.07) is -0.883. The fraction of sp³-hybridized carbons (Fsp3) is 0.688. The van der Waals surface area contributed by atoms with Crippen LogP contribution in [0.3, 0.4) is 0 Å². The third-order valence-electron chi connectivity index (χ3n) is 15.8. The zero-order valence-electron chi connectivity index (χ0n) is 58.4. The monoisotopic (exact) mass is 1260 g/mol. The molecule has 0 aliphatic carbocycles. The van der Waals surface area contributed by atoms with E-state index < -0.39 is 20.0 Å². The predicted octanol–water partition coefficient (Wildman–Crippen LogP) is 23.9. The van der Waals surface area contributed by atoms with Gasteiger partial charge in [-0.05, 0) is 116 Å². The highest BCUT2D eigenvalue weighted by molar-refractivity contribution is 7.47. The van der Waals surface area contributed by atoms with Crippen LogP contribution in [0.2, 0.25) is 0 Å². The van der Waals surface area contributed by atoms with E-state index in [0.29, 0.717) is 17.4 Å². The summed E-state index contributed by atoms with van der Waals surface area (Å²) in [5.74, 6) is -0.197. The van der Waals surface area contributed by atoms with Gasteiger partial charge in [0.25, 0.3) is 0 Å². The Bertz CT molecular complexity index is 1960. The summed E-state index contributed by atoms with van der Waals surface area (Å²) >= 11 is 0. The zero-order chi connectivity index (χ0) is 64.8. The van der Waals surface area contributed by atoms with Crippen LogP contribution in [0.5, 0.6) is 0 Å². The average Bonchev–Trinajstić information content (AvgIpc) is 3.55. The van der Waals surface area contributed by atoms with E-state index in [9.17, 15) is 19.4 Å². The van der Waals surface area contributed by atoms with Gasteiger partial charge in [0.2, 0.25) is 5.91 Å². The number of hydrogen-bond donors (Lipinski definition) is 3. The molecular weight excluding hydrogens is 1120 g/mol. The molecule has 1 amide bonds. The molecule has 0 aromatic carbocycles. The molecule has 0 rings (SSSR count). The molecule has 0 aliphatic heterocycles. The molecule has 0 aromatic rings. The van der Waals surface area contributed by atoms with Crippen LogP contribution >= 0.6 is 7.82 Å². The molecule has 510 valence electrons. The summed E-state index contributed by atoms with van der Waals surface area (Å²) < 4.78 is 23.8. The number of nitrogens with one attached hydrogen (secondary N) is 1. The maximum atomic E-state index is 13.1. The SMILES string of the molecule is CC/C=C\C/C=C\C/C=C\C/C=C\C/C=C\C/C=C\C/C=C\C/C=C\C/C=C\CCCCCCCCCCCCCC(=O)NC(COP(=O)(O)OCC[N+](C)(C)C)C(O)/C=C/CC/C=C/CC/C=C/CCCCCCCCCCCCCCCCCCCC. The predicted molar refractivity (Wildman–Crippen MR) is 391 cm³/mol. The Morgan fingerprint density at radius 2 is 0.685 bits per heavy atom. The third-order valence-corrected chi connectivity index (χ3v) is 16.8. The molecule has 8 nitrogen and oxygen atoms in total. The number of rotatable bonds is 66. The zero-order valence-corrected chi connectivity index (χ0v) is 59.3. The first-order chi connectivity index (χ1) is 43.5. The van der Waals surface area contributed by atoms with Gasteiger partial charge in [-0.15, -0.1) is 0 Å². The van der Waals surface area contributed by atoms with Crippen molar-refractivity contribution >= 4 is 13.7 Å². The van der Waals surface area contributed by atoms with Crippen LogP contribution in [0.15, 0.2) is 146 Å². The Balaban J connectivity index is 4.15. The summed E-state index contributed by atoms with van der Waals surface area (Å²) in [6.45, 7) is 4.68. The van der Waals surface area contributed by atoms with Crippen LogP contribution in [-0.2, 0) is 18.4 Å². The summed E-state index contributed by atoms with van der Waals surface area (Å²) in [5.41, 5.74) is 0. The summed E-state index contributed by atoms with van der Waals surface area (Å²) in [4.78, 5) is 23.4. The lowest BCUT2D eigenvalue weighted by molar-refractivity contribution is -0.870. The molecule has 0 saturated carbocycles. The second-order valence-corrected chi connectivity index (χ2v) is 27.0. The largest absolute Gasteiger partial charge is 0.472 e. The van der Waals surface area contributed by atoms with Crippen molar-refractivity contribution in [2.24, 2.45) is 0 Å². The highest BCUT2D eigenvalue weighted by Crippen LogP contribution is 2.43. The van der Waals surface area contributed by atoms with Gasteiger partial charge >= 0.3 is 7.82 Å². The lowest BCUT2D eigenvalue weighted by atomic mass is 10.0. The molecule has 9 heteroatoms. The van der Waals surface area contributed by atoms with E-state index in [1.54, 1.807) is 6.08 Å². The number of quaternary nitrogens is 1. The third kappa shape index (κ3) is 71.7. The van der Waals surface area contributed by atoms with Gasteiger partial charge in [0, 0.05) is 6.42 Å². The van der Waals surface area contributed by atoms with Crippen LogP contribution < -0.4 is 5.32 Å². The van der Waals surface area contributed by atoms with Gasteiger partial charge in [0.05, 0.1) is 39.9 Å². The first-order valence-electron chi connectivity index (χ1n) is 36.7. The van der Waals surface area contributed by atoms with Gasteiger partial charge in [-0.2, -0.15) is 0 Å². The highest BCUT2D eigenvalue weighted by Gasteiger charge is 2.28. The standard InChI is InChI=1S/C80H139N2O6P/c1-6-8-10-12-14-16-18-20-22-24-26-28-30-32-34-36-37-38-39-40-41-42-43-44-45-46-48-50-52-54-56-58-60-62-64-66-68-70-72-74-80(84)81-78(77-88-89(85,86)87-76-75-82(3,4)5)79(83)73-71-69-67-65-63-61-59-57-55-53-51-49-47-35-33-31-29-27-25-23-21-19-17-15-13-11-9-7-2/h8,10,14,16,20,22,26,28,32,34,37-38,40-41,43-44,46,48,55,57,63,65,71,73,78-79,83H,6-7,9,11-13,15,17-19,21,23-25,27,29-31,33,35-36,39,42,45,47,49-54,56,58-62,64,66-70,72,74-77H2,1-5H3,(H-,81,84,85,86)/p+1/b10-8-,16-14-,22-20-,28-26-,34-32-,38-37-,41-40-,44-43-,48-46-,57-55+,65-63+,73-71+. The average molecular weight is 1260 g/mol. The smallest absolute Gasteiger partial charge is 0.387 e. The molecule has 0 heterocycles. The molecule has 0 saturated heterocycles. The van der Waals surface area contributed by atoms with Crippen molar-refractivity contribution in [1.29, 1.82) is 0 Å². The number of hydrogen-bond acceptors (Lipinski definition) is 5. The van der Waals surface area contributed by atoms with Crippen molar-refractivity contribution in [3.63, 3.8) is 0 Å². The van der Waals surface area contributed by atoms with Gasteiger partial charge in [0.1, 0.15) is 13.2 Å². The molecule has 3 N–H and O–H groups in total. The van der Waals surface area contributed by atoms with E-state index in [0.717, 1.165) is 109 Å². The van der Waals surface area contributed by atoms with Crippen molar-refractivity contribution in [3.8, 4) is 0 Å². The number of aliphatic hydroxyl groups excluding tert-OH is 1. The van der Waals surface area contributed by atoms with Crippen LogP contribution in [0.1, 0.15) is 303 Å². The Hall–Kier alpha value is -3.62. The van der Waals surface area contributed by atoms with E-state index in [2.05, 4.69) is 153 Å². The summed E-state index contributed by atoms with van der Waals surface area (Å²) in [7, 11) is 1.53. The van der Waals surface area contributed by atoms with Crippen molar-refractivity contribution in [2.45, 2.75) is 315 Å². The van der Waals surface area contributed by atoms with E-state index in [1.165, 1.54) is 173 Å². The highest BCUT2D eigenvalue weighted by atomic mass is 31.2. The van der Waals surface area contributed by atoms with E-state index >= 15 is 0 Å². The van der Waals surface area contributed by atoms with Crippen LogP contribution in [-0.4, -0.2) is 73.4 Å². The van der Waals surface area contributed by atoms with Crippen LogP contribution in [0.4, 0.5) is 0 Å². The Morgan fingerprint density at radius 3 is 1.03 bits per heavy atom. The Morgan fingerprint density at radius 1 is 0.393 bits per heavy atom. The lowest BCUT2D eigenvalue weighted by Crippen LogP contribution is -2.45. The number of likely N-dealkylation sites (N-methyl/N-ethyl adjacent to an activating group) is 1. The molecule has 0 fully saturated rings. The minimum Gasteiger partial charge on any atom is -0.387 e. The molecule has 0 radical (unpaired) electrons. The van der Waals surface area contributed by atoms with Crippen LogP contribution in [0.25, 0.3) is 0 Å². The molecule has 0 aromatic heterocycles. The Kier molecular flexibility index (Phi) is 65.9. The number of phosphoric ester groups is 1. The number of unbranched alkanes of at least 4 members (excludes halogenated alkanes) is 31. The van der Waals surface area contributed by atoms with Crippen molar-refractivity contribution in [3.05, 3.63) is 146 Å². The fourth-order valence-electron chi connectivity index (χ4n) is 10.1. The number of phosphoric acid groups is 1. The van der Waals surface area contributed by atoms with Gasteiger partial charge in [-0.1, -0.05) is 327 Å². The van der Waals surface area contributed by atoms with Gasteiger partial charge in [0.15, 0.2) is 0 Å². The molecule has 0 aliphatic rings. The minimum atomic E-state index is -4.38. The molecular formula is C80H140N2O6P+. The number of carbonyl (C=O) groups excluding carboxylic acids is 1. The quantitative estimate of drug-likeness (QED) is 0.0243. The number of allylic oxidation sites excluding steroid dienone is 23. The lowest BCUT2D eigenvalue weighted by Gasteiger charge is -2.25. The van der Waals surface area contributed by atoms with Gasteiger partial charge in [-0.25, -0.2) is 4.57 Å². The number of amides is 1. The maximum Gasteiger partial charge on any atom is 0.472 e. The maximum absolute atomic E-state index is 13.1. The van der Waals surface area contributed by atoms with E-state index in [-0.39, 0.29) is 19.1 Å². The second kappa shape index (κ2) is 68.7. The topological polar surface area (TPSA) is 105 Å². The normalized spacial score (nSPS) is 14.5. The van der Waals surface area contributed by atoms with Gasteiger partial charge in [-0.3, -0.25) is 13.8 Å².